The van der Waals surface area contributed by atoms with Crippen LogP contribution in [0.25, 0.3) is 11.0 Å². The van der Waals surface area contributed by atoms with Gasteiger partial charge in [-0.05, 0) is 58.9 Å². The quantitative estimate of drug-likeness (QED) is 0.414. The third-order valence-electron chi connectivity index (χ3n) is 5.74. The largest absolute Gasteiger partial charge is 0.356 e. The minimum atomic E-state index is 0.314. The average molecular weight is 493 g/mol. The van der Waals surface area contributed by atoms with Crippen LogP contribution in [0, 0.1) is 5.92 Å². The molecule has 0 saturated carbocycles. The second kappa shape index (κ2) is 10.0. The molecule has 30 heavy (non-hydrogen) atoms. The van der Waals surface area contributed by atoms with Crippen LogP contribution in [0.2, 0.25) is 5.02 Å². The predicted molar refractivity (Wildman–Crippen MR) is 125 cm³/mol. The van der Waals surface area contributed by atoms with Crippen molar-refractivity contribution >= 4 is 44.4 Å². The molecule has 9 heteroatoms. The molecule has 3 heterocycles. The highest BCUT2D eigenvalue weighted by molar-refractivity contribution is 9.10. The number of benzene rings is 1. The lowest BCUT2D eigenvalue weighted by Crippen LogP contribution is -2.41. The van der Waals surface area contributed by atoms with Gasteiger partial charge in [0.2, 0.25) is 0 Å². The molecule has 0 spiro atoms. The zero-order valence-electron chi connectivity index (χ0n) is 17.0. The number of nitrogens with zero attached hydrogens (tertiary/aromatic N) is 4. The molecule has 0 radical (unpaired) electrons. The van der Waals surface area contributed by atoms with E-state index in [1.54, 1.807) is 6.33 Å². The van der Waals surface area contributed by atoms with Crippen molar-refractivity contribution in [1.82, 2.24) is 30.8 Å². The highest BCUT2D eigenvalue weighted by Crippen LogP contribution is 2.35. The summed E-state index contributed by atoms with van der Waals surface area (Å²) in [5.41, 5.74) is 1.99. The second-order valence-electron chi connectivity index (χ2n) is 7.59. The smallest absolute Gasteiger partial charge is 0.187 e. The van der Waals surface area contributed by atoms with Gasteiger partial charge in [0.05, 0.1) is 5.39 Å². The third kappa shape index (κ3) is 4.77. The summed E-state index contributed by atoms with van der Waals surface area (Å²) < 4.78 is 0.833. The van der Waals surface area contributed by atoms with Crippen LogP contribution in [-0.2, 0) is 0 Å². The molecule has 3 N–H and O–H groups in total. The number of piperidine rings is 1. The molecule has 7 nitrogen and oxygen atoms in total. The molecule has 0 aliphatic carbocycles. The summed E-state index contributed by atoms with van der Waals surface area (Å²) in [7, 11) is 0. The Balaban J connectivity index is 1.47. The summed E-state index contributed by atoms with van der Waals surface area (Å²) in [6, 6.07) is 8.58. The van der Waals surface area contributed by atoms with E-state index in [1.807, 2.05) is 12.1 Å². The molecule has 1 aliphatic rings. The van der Waals surface area contributed by atoms with Crippen molar-refractivity contribution in [3.8, 4) is 0 Å². The molecule has 0 bridgehead atoms. The number of rotatable bonds is 8. The Morgan fingerprint density at radius 3 is 2.70 bits per heavy atom. The highest BCUT2D eigenvalue weighted by Gasteiger charge is 2.29. The summed E-state index contributed by atoms with van der Waals surface area (Å²) in [6.45, 7) is 6.93. The number of likely N-dealkylation sites (N-methyl/N-ethyl adjacent to an activating group) is 1. The van der Waals surface area contributed by atoms with Gasteiger partial charge in [-0.25, -0.2) is 9.97 Å². The van der Waals surface area contributed by atoms with Crippen LogP contribution < -0.4 is 15.5 Å². The molecule has 3 aromatic rings. The molecule has 4 rings (SSSR count). The molecule has 1 aliphatic heterocycles. The number of aromatic amines is 1. The Kier molecular flexibility index (Phi) is 7.20. The molecule has 1 fully saturated rings. The van der Waals surface area contributed by atoms with E-state index in [2.05, 4.69) is 70.7 Å². The highest BCUT2D eigenvalue weighted by atomic mass is 79.9. The summed E-state index contributed by atoms with van der Waals surface area (Å²) in [5, 5.41) is 16.1. The zero-order chi connectivity index (χ0) is 20.9. The molecule has 160 valence electrons. The molecular weight excluding hydrogens is 466 g/mol. The SMILES string of the molecule is CCNCCNC(c1ccc(Cl)cc1)C1CCN(c2ncnc3n[nH]c(Br)c23)CC1. The van der Waals surface area contributed by atoms with E-state index in [-0.39, 0.29) is 0 Å². The lowest BCUT2D eigenvalue weighted by Gasteiger charge is -2.37. The third-order valence-corrected chi connectivity index (χ3v) is 6.57. The van der Waals surface area contributed by atoms with Crippen molar-refractivity contribution < 1.29 is 0 Å². The van der Waals surface area contributed by atoms with Crippen molar-refractivity contribution in [3.05, 3.63) is 45.8 Å². The summed E-state index contributed by atoms with van der Waals surface area (Å²) in [4.78, 5) is 11.2. The first-order chi connectivity index (χ1) is 14.7. The number of anilines is 1. The fraction of sp³-hybridized carbons (Fsp3) is 0.476. The monoisotopic (exact) mass is 491 g/mol. The van der Waals surface area contributed by atoms with Crippen LogP contribution in [0.4, 0.5) is 5.82 Å². The minimum Gasteiger partial charge on any atom is -0.356 e. The Morgan fingerprint density at radius 2 is 1.97 bits per heavy atom. The first-order valence-electron chi connectivity index (χ1n) is 10.5. The molecule has 1 saturated heterocycles. The Hall–Kier alpha value is -1.74. The maximum absolute atomic E-state index is 6.13. The van der Waals surface area contributed by atoms with E-state index in [9.17, 15) is 0 Å². The number of H-pyrrole nitrogens is 1. The van der Waals surface area contributed by atoms with E-state index < -0.39 is 0 Å². The van der Waals surface area contributed by atoms with Crippen LogP contribution in [-0.4, -0.2) is 52.9 Å². The molecule has 1 unspecified atom stereocenters. The fourth-order valence-electron chi connectivity index (χ4n) is 4.21. The molecule has 1 aromatic carbocycles. The second-order valence-corrected chi connectivity index (χ2v) is 8.82. The van der Waals surface area contributed by atoms with Gasteiger partial charge < -0.3 is 15.5 Å². The zero-order valence-corrected chi connectivity index (χ0v) is 19.4. The summed E-state index contributed by atoms with van der Waals surface area (Å²) in [5.74, 6) is 1.50. The Bertz CT molecular complexity index is 954. The van der Waals surface area contributed by atoms with Crippen molar-refractivity contribution in [2.45, 2.75) is 25.8 Å². The average Bonchev–Trinajstić information content (AvgIpc) is 3.16. The normalized spacial score (nSPS) is 16.3. The first-order valence-corrected chi connectivity index (χ1v) is 11.6. The summed E-state index contributed by atoms with van der Waals surface area (Å²) >= 11 is 9.67. The van der Waals surface area contributed by atoms with Gasteiger partial charge in [0.1, 0.15) is 16.7 Å². The number of nitrogens with one attached hydrogen (secondary N) is 3. The van der Waals surface area contributed by atoms with Gasteiger partial charge in [0.15, 0.2) is 5.65 Å². The van der Waals surface area contributed by atoms with Crippen LogP contribution in [0.5, 0.6) is 0 Å². The van der Waals surface area contributed by atoms with E-state index in [0.29, 0.717) is 17.6 Å². The van der Waals surface area contributed by atoms with Crippen molar-refractivity contribution in [1.29, 1.82) is 0 Å². The van der Waals surface area contributed by atoms with Gasteiger partial charge in [-0.3, -0.25) is 5.10 Å². The first kappa shape index (κ1) is 21.5. The van der Waals surface area contributed by atoms with Gasteiger partial charge in [-0.15, -0.1) is 0 Å². The molecule has 1 atom stereocenters. The van der Waals surface area contributed by atoms with Crippen LogP contribution in [0.3, 0.4) is 0 Å². The Morgan fingerprint density at radius 1 is 1.20 bits per heavy atom. The van der Waals surface area contributed by atoms with Gasteiger partial charge in [-0.1, -0.05) is 30.7 Å². The number of hydrogen-bond acceptors (Lipinski definition) is 6. The van der Waals surface area contributed by atoms with E-state index >= 15 is 0 Å². The lowest BCUT2D eigenvalue weighted by molar-refractivity contribution is 0.299. The van der Waals surface area contributed by atoms with E-state index in [1.165, 1.54) is 5.56 Å². The van der Waals surface area contributed by atoms with Crippen molar-refractivity contribution in [2.75, 3.05) is 37.6 Å². The Labute approximate surface area is 190 Å². The summed E-state index contributed by atoms with van der Waals surface area (Å²) in [6.07, 6.45) is 3.76. The molecule has 2 aromatic heterocycles. The topological polar surface area (TPSA) is 81.8 Å². The lowest BCUT2D eigenvalue weighted by atomic mass is 9.85. The van der Waals surface area contributed by atoms with Gasteiger partial charge in [0, 0.05) is 37.2 Å². The van der Waals surface area contributed by atoms with E-state index in [0.717, 1.165) is 66.4 Å². The standard InChI is InChI=1S/C21H27BrClN7/c1-2-24-9-10-25-18(14-3-5-16(23)6-4-14)15-7-11-30(12-8-15)21-17-19(22)28-29-20(17)26-13-27-21/h3-6,13,15,18,24-25H,2,7-12H2,1H3,(H,26,27,28,29). The van der Waals surface area contributed by atoms with Crippen LogP contribution in [0.1, 0.15) is 31.4 Å². The molecule has 0 amide bonds. The number of halogens is 2. The van der Waals surface area contributed by atoms with Gasteiger partial charge in [-0.2, -0.15) is 5.10 Å². The number of fused-ring (bicyclic) bond motifs is 1. The van der Waals surface area contributed by atoms with Crippen molar-refractivity contribution in [2.24, 2.45) is 5.92 Å². The van der Waals surface area contributed by atoms with Crippen molar-refractivity contribution in [3.63, 3.8) is 0 Å². The number of aromatic nitrogens is 4. The molecular formula is C21H27BrClN7. The van der Waals surface area contributed by atoms with Gasteiger partial charge >= 0.3 is 0 Å². The number of hydrogen-bond donors (Lipinski definition) is 3. The maximum Gasteiger partial charge on any atom is 0.187 e. The minimum absolute atomic E-state index is 0.314. The van der Waals surface area contributed by atoms with Crippen LogP contribution in [0.15, 0.2) is 35.2 Å². The maximum atomic E-state index is 6.13. The predicted octanol–water partition coefficient (Wildman–Crippen LogP) is 3.93. The van der Waals surface area contributed by atoms with Crippen LogP contribution >= 0.6 is 27.5 Å². The van der Waals surface area contributed by atoms with Gasteiger partial charge in [0.25, 0.3) is 0 Å². The fourth-order valence-corrected chi connectivity index (χ4v) is 4.78. The van der Waals surface area contributed by atoms with E-state index in [4.69, 9.17) is 11.6 Å².